The van der Waals surface area contributed by atoms with E-state index in [4.69, 9.17) is 0 Å². The molecule has 1 aromatic carbocycles. The van der Waals surface area contributed by atoms with Gasteiger partial charge in [-0.3, -0.25) is 9.69 Å². The van der Waals surface area contributed by atoms with Crippen LogP contribution in [0.15, 0.2) is 36.5 Å². The zero-order chi connectivity index (χ0) is 13.8. The highest BCUT2D eigenvalue weighted by atomic mass is 16.2. The number of carbonyl (C=O) groups excluding carboxylic acids is 1. The number of carbonyl (C=O) groups is 1. The first kappa shape index (κ1) is 12.8. The molecule has 1 aliphatic rings. The van der Waals surface area contributed by atoms with E-state index >= 15 is 0 Å². The molecule has 3 rings (SSSR count). The summed E-state index contributed by atoms with van der Waals surface area (Å²) in [6, 6.07) is 10.4. The van der Waals surface area contributed by atoms with Gasteiger partial charge in [-0.15, -0.1) is 0 Å². The molecule has 2 aromatic rings. The van der Waals surface area contributed by atoms with E-state index in [1.54, 1.807) is 0 Å². The van der Waals surface area contributed by atoms with Crippen LogP contribution in [0.1, 0.15) is 16.1 Å². The number of hydrogen-bond donors (Lipinski definition) is 1. The molecular weight excluding hydrogens is 254 g/mol. The van der Waals surface area contributed by atoms with Gasteiger partial charge in [0.1, 0.15) is 0 Å². The number of rotatable bonds is 3. The van der Waals surface area contributed by atoms with Crippen LogP contribution in [0.4, 0.5) is 0 Å². The third-order valence-corrected chi connectivity index (χ3v) is 3.54. The first-order valence-corrected chi connectivity index (χ1v) is 6.74. The number of aromatic amines is 1. The molecule has 0 atom stereocenters. The molecule has 1 fully saturated rings. The fraction of sp³-hybridized carbons (Fsp3) is 0.357. The van der Waals surface area contributed by atoms with Gasteiger partial charge in [0, 0.05) is 32.7 Å². The molecule has 0 bridgehead atoms. The molecule has 104 valence electrons. The number of nitrogens with one attached hydrogen (secondary N) is 1. The van der Waals surface area contributed by atoms with Crippen molar-refractivity contribution in [3.8, 4) is 0 Å². The second-order valence-electron chi connectivity index (χ2n) is 4.91. The summed E-state index contributed by atoms with van der Waals surface area (Å²) in [4.78, 5) is 16.3. The molecule has 0 unspecified atom stereocenters. The molecule has 1 amide bonds. The molecule has 0 spiro atoms. The maximum atomic E-state index is 12.1. The molecule has 6 heteroatoms. The van der Waals surface area contributed by atoms with Crippen molar-refractivity contribution in [1.82, 2.24) is 25.2 Å². The Morgan fingerprint density at radius 2 is 1.90 bits per heavy atom. The van der Waals surface area contributed by atoms with Crippen LogP contribution in [0.2, 0.25) is 0 Å². The lowest BCUT2D eigenvalue weighted by Gasteiger charge is -2.34. The SMILES string of the molecule is O=C(c1cn[nH]n1)N1CCN(Cc2ccccc2)CC1. The number of piperazine rings is 1. The normalized spacial score (nSPS) is 16.3. The first-order chi connectivity index (χ1) is 9.83. The second-order valence-corrected chi connectivity index (χ2v) is 4.91. The van der Waals surface area contributed by atoms with Crippen LogP contribution >= 0.6 is 0 Å². The van der Waals surface area contributed by atoms with Gasteiger partial charge in [-0.05, 0) is 5.56 Å². The fourth-order valence-corrected chi connectivity index (χ4v) is 2.42. The second kappa shape index (κ2) is 5.83. The topological polar surface area (TPSA) is 65.1 Å². The van der Waals surface area contributed by atoms with Crippen molar-refractivity contribution in [3.63, 3.8) is 0 Å². The minimum atomic E-state index is -0.0434. The molecule has 1 N–H and O–H groups in total. The standard InChI is InChI=1S/C14H17N5O/c20-14(13-10-15-17-16-13)19-8-6-18(7-9-19)11-12-4-2-1-3-5-12/h1-5,10H,6-9,11H2,(H,15,16,17). The van der Waals surface area contributed by atoms with Gasteiger partial charge in [0.2, 0.25) is 0 Å². The highest BCUT2D eigenvalue weighted by Crippen LogP contribution is 2.10. The average molecular weight is 271 g/mol. The molecule has 0 saturated carbocycles. The van der Waals surface area contributed by atoms with E-state index in [0.717, 1.165) is 32.7 Å². The lowest BCUT2D eigenvalue weighted by molar-refractivity contribution is 0.0622. The van der Waals surface area contributed by atoms with Crippen LogP contribution in [0, 0.1) is 0 Å². The monoisotopic (exact) mass is 271 g/mol. The maximum absolute atomic E-state index is 12.1. The van der Waals surface area contributed by atoms with E-state index in [1.807, 2.05) is 11.0 Å². The summed E-state index contributed by atoms with van der Waals surface area (Å²) in [6.07, 6.45) is 1.47. The van der Waals surface area contributed by atoms with E-state index in [1.165, 1.54) is 11.8 Å². The fourth-order valence-electron chi connectivity index (χ4n) is 2.42. The van der Waals surface area contributed by atoms with Crippen molar-refractivity contribution < 1.29 is 4.79 Å². The molecular formula is C14H17N5O. The zero-order valence-electron chi connectivity index (χ0n) is 11.2. The number of hydrogen-bond acceptors (Lipinski definition) is 4. The Bertz CT molecular complexity index is 546. The van der Waals surface area contributed by atoms with Gasteiger partial charge < -0.3 is 4.90 Å². The molecule has 1 aliphatic heterocycles. The molecule has 0 radical (unpaired) electrons. The number of benzene rings is 1. The molecule has 1 saturated heterocycles. The summed E-state index contributed by atoms with van der Waals surface area (Å²) in [5, 5.41) is 9.99. The smallest absolute Gasteiger partial charge is 0.276 e. The predicted octanol–water partition coefficient (Wildman–Crippen LogP) is 0.763. The van der Waals surface area contributed by atoms with E-state index < -0.39 is 0 Å². The Morgan fingerprint density at radius 1 is 1.15 bits per heavy atom. The van der Waals surface area contributed by atoms with E-state index in [-0.39, 0.29) is 5.91 Å². The van der Waals surface area contributed by atoms with Crippen LogP contribution in [-0.2, 0) is 6.54 Å². The summed E-state index contributed by atoms with van der Waals surface area (Å²) in [5.74, 6) is -0.0434. The van der Waals surface area contributed by atoms with Gasteiger partial charge in [-0.1, -0.05) is 30.3 Å². The number of nitrogens with zero attached hydrogens (tertiary/aromatic N) is 4. The van der Waals surface area contributed by atoms with Crippen LogP contribution in [0.5, 0.6) is 0 Å². The van der Waals surface area contributed by atoms with Crippen LogP contribution in [0.25, 0.3) is 0 Å². The highest BCUT2D eigenvalue weighted by Gasteiger charge is 2.23. The number of H-pyrrole nitrogens is 1. The predicted molar refractivity (Wildman–Crippen MR) is 74.0 cm³/mol. The Balaban J connectivity index is 1.53. The van der Waals surface area contributed by atoms with Gasteiger partial charge in [0.25, 0.3) is 5.91 Å². The average Bonchev–Trinajstić information content (AvgIpc) is 3.03. The van der Waals surface area contributed by atoms with Crippen molar-refractivity contribution in [2.45, 2.75) is 6.54 Å². The van der Waals surface area contributed by atoms with Gasteiger partial charge in [-0.25, -0.2) is 0 Å². The van der Waals surface area contributed by atoms with Crippen LogP contribution in [-0.4, -0.2) is 57.3 Å². The number of amides is 1. The maximum Gasteiger partial charge on any atom is 0.276 e. The Morgan fingerprint density at radius 3 is 2.55 bits per heavy atom. The largest absolute Gasteiger partial charge is 0.335 e. The summed E-state index contributed by atoms with van der Waals surface area (Å²) >= 11 is 0. The highest BCUT2D eigenvalue weighted by molar-refractivity contribution is 5.91. The molecule has 20 heavy (non-hydrogen) atoms. The van der Waals surface area contributed by atoms with Crippen LogP contribution < -0.4 is 0 Å². The minimum absolute atomic E-state index is 0.0434. The summed E-state index contributed by atoms with van der Waals surface area (Å²) in [7, 11) is 0. The van der Waals surface area contributed by atoms with Gasteiger partial charge in [-0.2, -0.15) is 15.4 Å². The molecule has 0 aliphatic carbocycles. The first-order valence-electron chi connectivity index (χ1n) is 6.74. The van der Waals surface area contributed by atoms with Crippen molar-refractivity contribution in [2.75, 3.05) is 26.2 Å². The Hall–Kier alpha value is -2.21. The van der Waals surface area contributed by atoms with Gasteiger partial charge in [0.05, 0.1) is 6.20 Å². The molecule has 1 aromatic heterocycles. The Labute approximate surface area is 117 Å². The third kappa shape index (κ3) is 2.85. The lowest BCUT2D eigenvalue weighted by atomic mass is 10.2. The zero-order valence-corrected chi connectivity index (χ0v) is 11.2. The summed E-state index contributed by atoms with van der Waals surface area (Å²) in [6.45, 7) is 4.18. The van der Waals surface area contributed by atoms with Crippen molar-refractivity contribution >= 4 is 5.91 Å². The minimum Gasteiger partial charge on any atom is -0.335 e. The van der Waals surface area contributed by atoms with E-state index in [0.29, 0.717) is 5.69 Å². The molecule has 2 heterocycles. The van der Waals surface area contributed by atoms with E-state index in [2.05, 4.69) is 44.6 Å². The van der Waals surface area contributed by atoms with Gasteiger partial charge in [0.15, 0.2) is 5.69 Å². The quantitative estimate of drug-likeness (QED) is 0.895. The van der Waals surface area contributed by atoms with E-state index in [9.17, 15) is 4.79 Å². The van der Waals surface area contributed by atoms with Crippen molar-refractivity contribution in [2.24, 2.45) is 0 Å². The lowest BCUT2D eigenvalue weighted by Crippen LogP contribution is -2.48. The Kier molecular flexibility index (Phi) is 3.73. The molecule has 6 nitrogen and oxygen atoms in total. The third-order valence-electron chi connectivity index (χ3n) is 3.54. The summed E-state index contributed by atoms with van der Waals surface area (Å²) in [5.41, 5.74) is 1.70. The summed E-state index contributed by atoms with van der Waals surface area (Å²) < 4.78 is 0. The van der Waals surface area contributed by atoms with Crippen molar-refractivity contribution in [3.05, 3.63) is 47.8 Å². The van der Waals surface area contributed by atoms with Crippen LogP contribution in [0.3, 0.4) is 0 Å². The van der Waals surface area contributed by atoms with Crippen molar-refractivity contribution in [1.29, 1.82) is 0 Å². The van der Waals surface area contributed by atoms with Gasteiger partial charge >= 0.3 is 0 Å². The number of aromatic nitrogens is 3.